The van der Waals surface area contributed by atoms with Crippen LogP contribution < -0.4 is 5.32 Å². The molecule has 1 aromatic heterocycles. The zero-order chi connectivity index (χ0) is 13.7. The highest BCUT2D eigenvalue weighted by atomic mass is 79.9. The first-order valence-corrected chi connectivity index (χ1v) is 7.47. The van der Waals surface area contributed by atoms with E-state index in [-0.39, 0.29) is 6.04 Å². The molecule has 0 aliphatic rings. The van der Waals surface area contributed by atoms with Gasteiger partial charge in [0.25, 0.3) is 0 Å². The molecule has 1 unspecified atom stereocenters. The summed E-state index contributed by atoms with van der Waals surface area (Å²) >= 11 is 3.66. The summed E-state index contributed by atoms with van der Waals surface area (Å²) in [4.78, 5) is 7.51. The molecule has 0 bridgehead atoms. The number of benzene rings is 1. The summed E-state index contributed by atoms with van der Waals surface area (Å²) in [5.74, 6) is 1.02. The molecule has 0 aliphatic carbocycles. The first-order chi connectivity index (χ1) is 9.20. The number of aryl methyl sites for hydroxylation is 1. The summed E-state index contributed by atoms with van der Waals surface area (Å²) in [6, 6.07) is 6.76. The number of nitrogens with zero attached hydrogens (tertiary/aromatic N) is 1. The zero-order valence-electron chi connectivity index (χ0n) is 11.4. The van der Waals surface area contributed by atoms with Gasteiger partial charge in [-0.2, -0.15) is 0 Å². The van der Waals surface area contributed by atoms with E-state index in [0.29, 0.717) is 0 Å². The van der Waals surface area contributed by atoms with Crippen LogP contribution in [-0.4, -0.2) is 16.5 Å². The van der Waals surface area contributed by atoms with Crippen molar-refractivity contribution in [3.05, 3.63) is 52.0 Å². The van der Waals surface area contributed by atoms with Crippen molar-refractivity contribution in [2.75, 3.05) is 6.54 Å². The molecule has 0 spiro atoms. The summed E-state index contributed by atoms with van der Waals surface area (Å²) < 4.78 is 1.15. The largest absolute Gasteiger partial charge is 0.349 e. The van der Waals surface area contributed by atoms with Crippen LogP contribution in [0.4, 0.5) is 0 Å². The molecular weight excluding hydrogens is 302 g/mol. The van der Waals surface area contributed by atoms with Gasteiger partial charge in [-0.25, -0.2) is 4.98 Å². The summed E-state index contributed by atoms with van der Waals surface area (Å²) in [7, 11) is 0. The van der Waals surface area contributed by atoms with E-state index in [4.69, 9.17) is 0 Å². The van der Waals surface area contributed by atoms with Gasteiger partial charge in [-0.15, -0.1) is 0 Å². The van der Waals surface area contributed by atoms with Crippen LogP contribution in [-0.2, 0) is 6.42 Å². The molecule has 2 rings (SSSR count). The fraction of sp³-hybridized carbons (Fsp3) is 0.400. The lowest BCUT2D eigenvalue weighted by Crippen LogP contribution is -2.25. The molecule has 19 heavy (non-hydrogen) atoms. The van der Waals surface area contributed by atoms with Crippen LogP contribution in [0.15, 0.2) is 35.1 Å². The van der Waals surface area contributed by atoms with Gasteiger partial charge in [0.1, 0.15) is 5.82 Å². The minimum absolute atomic E-state index is 0.278. The Morgan fingerprint density at radius 3 is 2.95 bits per heavy atom. The number of halogens is 1. The number of H-pyrrole nitrogens is 1. The van der Waals surface area contributed by atoms with E-state index in [2.05, 4.69) is 63.3 Å². The van der Waals surface area contributed by atoms with Crippen molar-refractivity contribution in [2.24, 2.45) is 0 Å². The summed E-state index contributed by atoms with van der Waals surface area (Å²) in [6.07, 6.45) is 5.67. The number of imidazole rings is 1. The molecule has 1 atom stereocenters. The average Bonchev–Trinajstić information content (AvgIpc) is 2.90. The van der Waals surface area contributed by atoms with Crippen molar-refractivity contribution < 1.29 is 0 Å². The third-order valence-electron chi connectivity index (χ3n) is 3.12. The van der Waals surface area contributed by atoms with Crippen molar-refractivity contribution >= 4 is 15.9 Å². The molecule has 0 fully saturated rings. The van der Waals surface area contributed by atoms with Crippen molar-refractivity contribution in [3.63, 3.8) is 0 Å². The molecule has 0 saturated heterocycles. The number of hydrogen-bond donors (Lipinski definition) is 2. The highest BCUT2D eigenvalue weighted by Crippen LogP contribution is 2.26. The lowest BCUT2D eigenvalue weighted by Gasteiger charge is -2.20. The normalized spacial score (nSPS) is 12.6. The molecule has 102 valence electrons. The molecule has 1 heterocycles. The van der Waals surface area contributed by atoms with Gasteiger partial charge in [0.15, 0.2) is 0 Å². The van der Waals surface area contributed by atoms with Crippen LogP contribution in [0.5, 0.6) is 0 Å². The van der Waals surface area contributed by atoms with Gasteiger partial charge in [-0.3, -0.25) is 0 Å². The SMILES string of the molecule is CCCNC(Cc1ncc[nH]1)c1cc(C)ccc1Br. The quantitative estimate of drug-likeness (QED) is 0.850. The lowest BCUT2D eigenvalue weighted by atomic mass is 10.0. The van der Waals surface area contributed by atoms with E-state index in [1.807, 2.05) is 6.20 Å². The van der Waals surface area contributed by atoms with Crippen LogP contribution >= 0.6 is 15.9 Å². The maximum Gasteiger partial charge on any atom is 0.107 e. The minimum atomic E-state index is 0.278. The second-order valence-corrected chi connectivity index (χ2v) is 5.63. The lowest BCUT2D eigenvalue weighted by molar-refractivity contribution is 0.518. The molecule has 2 aromatic rings. The Bertz CT molecular complexity index is 508. The van der Waals surface area contributed by atoms with E-state index in [1.165, 1.54) is 11.1 Å². The maximum atomic E-state index is 4.33. The number of hydrogen-bond acceptors (Lipinski definition) is 2. The summed E-state index contributed by atoms with van der Waals surface area (Å²) in [5, 5.41) is 3.60. The second kappa shape index (κ2) is 6.87. The Balaban J connectivity index is 2.23. The van der Waals surface area contributed by atoms with Crippen molar-refractivity contribution in [1.29, 1.82) is 0 Å². The molecule has 3 nitrogen and oxygen atoms in total. The fourth-order valence-electron chi connectivity index (χ4n) is 2.14. The van der Waals surface area contributed by atoms with E-state index in [0.717, 1.165) is 29.7 Å². The van der Waals surface area contributed by atoms with Crippen molar-refractivity contribution in [1.82, 2.24) is 15.3 Å². The van der Waals surface area contributed by atoms with E-state index in [1.54, 1.807) is 6.20 Å². The van der Waals surface area contributed by atoms with E-state index >= 15 is 0 Å². The molecule has 1 aromatic carbocycles. The highest BCUT2D eigenvalue weighted by molar-refractivity contribution is 9.10. The average molecular weight is 322 g/mol. The second-order valence-electron chi connectivity index (χ2n) is 4.77. The van der Waals surface area contributed by atoms with Crippen LogP contribution in [0.2, 0.25) is 0 Å². The molecule has 0 amide bonds. The van der Waals surface area contributed by atoms with Gasteiger partial charge < -0.3 is 10.3 Å². The third kappa shape index (κ3) is 3.91. The van der Waals surface area contributed by atoms with Gasteiger partial charge in [0, 0.05) is 29.3 Å². The Morgan fingerprint density at radius 2 is 2.26 bits per heavy atom. The zero-order valence-corrected chi connectivity index (χ0v) is 13.0. The van der Waals surface area contributed by atoms with Gasteiger partial charge >= 0.3 is 0 Å². The molecule has 0 saturated carbocycles. The van der Waals surface area contributed by atoms with Crippen molar-refractivity contribution in [2.45, 2.75) is 32.7 Å². The van der Waals surface area contributed by atoms with Gasteiger partial charge in [0.2, 0.25) is 0 Å². The number of aromatic amines is 1. The topological polar surface area (TPSA) is 40.7 Å². The fourth-order valence-corrected chi connectivity index (χ4v) is 2.67. The first kappa shape index (κ1) is 14.3. The molecule has 0 radical (unpaired) electrons. The standard InChI is InChI=1S/C15H20BrN3/c1-3-6-17-14(10-15-18-7-8-19-15)12-9-11(2)4-5-13(12)16/h4-5,7-9,14,17H,3,6,10H2,1-2H3,(H,18,19). The Kier molecular flexibility index (Phi) is 5.16. The van der Waals surface area contributed by atoms with E-state index < -0.39 is 0 Å². The Hall–Kier alpha value is -1.13. The maximum absolute atomic E-state index is 4.33. The monoisotopic (exact) mass is 321 g/mol. The number of rotatable bonds is 6. The number of nitrogens with one attached hydrogen (secondary N) is 2. The molecular formula is C15H20BrN3. The van der Waals surface area contributed by atoms with Crippen LogP contribution in [0.1, 0.15) is 36.3 Å². The Morgan fingerprint density at radius 1 is 1.42 bits per heavy atom. The summed E-state index contributed by atoms with van der Waals surface area (Å²) in [6.45, 7) is 5.31. The van der Waals surface area contributed by atoms with Crippen molar-refractivity contribution in [3.8, 4) is 0 Å². The first-order valence-electron chi connectivity index (χ1n) is 6.68. The predicted octanol–water partition coefficient (Wildman–Crippen LogP) is 3.76. The molecule has 4 heteroatoms. The number of aromatic nitrogens is 2. The highest BCUT2D eigenvalue weighted by Gasteiger charge is 2.15. The summed E-state index contributed by atoms with van der Waals surface area (Å²) in [5.41, 5.74) is 2.57. The minimum Gasteiger partial charge on any atom is -0.349 e. The molecule has 2 N–H and O–H groups in total. The van der Waals surface area contributed by atoms with Gasteiger partial charge in [-0.05, 0) is 31.5 Å². The smallest absolute Gasteiger partial charge is 0.107 e. The van der Waals surface area contributed by atoms with Gasteiger partial charge in [0.05, 0.1) is 0 Å². The van der Waals surface area contributed by atoms with Crippen LogP contribution in [0.3, 0.4) is 0 Å². The third-order valence-corrected chi connectivity index (χ3v) is 3.84. The van der Waals surface area contributed by atoms with Crippen LogP contribution in [0, 0.1) is 6.92 Å². The van der Waals surface area contributed by atoms with Crippen LogP contribution in [0.25, 0.3) is 0 Å². The predicted molar refractivity (Wildman–Crippen MR) is 82.2 cm³/mol. The Labute approximate surface area is 123 Å². The van der Waals surface area contributed by atoms with E-state index in [9.17, 15) is 0 Å². The molecule has 0 aliphatic heterocycles. The van der Waals surface area contributed by atoms with Gasteiger partial charge in [-0.1, -0.05) is 40.5 Å².